The lowest BCUT2D eigenvalue weighted by Gasteiger charge is -2.44. The molecule has 17 atom stereocenters. The zero-order valence-electron chi connectivity index (χ0n) is 36.7. The number of allylic oxidation sites excluding steroid dienone is 2. The topological polar surface area (TPSA) is 124 Å². The molecule has 0 aromatic carbocycles. The van der Waals surface area contributed by atoms with Crippen molar-refractivity contribution >= 4 is 23.1 Å². The molecule has 0 bridgehead atoms. The summed E-state index contributed by atoms with van der Waals surface area (Å²) in [5.74, 6) is -0.364. The fraction of sp³-hybridized carbons (Fsp3) is 0.844. The van der Waals surface area contributed by atoms with Crippen LogP contribution in [0, 0.1) is 23.7 Å². The average molecular weight is 831 g/mol. The van der Waals surface area contributed by atoms with Crippen LogP contribution in [0.1, 0.15) is 133 Å². The van der Waals surface area contributed by atoms with Gasteiger partial charge in [0.25, 0.3) is 0 Å². The first kappa shape index (κ1) is 44.3. The number of cyclic esters (lactones) is 1. The maximum Gasteiger partial charge on any atom is 0.306 e. The van der Waals surface area contributed by atoms with Crippen LogP contribution in [-0.4, -0.2) is 125 Å². The summed E-state index contributed by atoms with van der Waals surface area (Å²) in [7, 11) is 9.18. The van der Waals surface area contributed by atoms with Gasteiger partial charge in [0.1, 0.15) is 24.4 Å². The molecule has 3 aliphatic heterocycles. The number of thiazole rings is 1. The predicted molar refractivity (Wildman–Crippen MR) is 220 cm³/mol. The first-order chi connectivity index (χ1) is 27.8. The third-order valence-electron chi connectivity index (χ3n) is 14.4. The second kappa shape index (κ2) is 18.7. The van der Waals surface area contributed by atoms with Crippen molar-refractivity contribution < 1.29 is 47.5 Å². The van der Waals surface area contributed by atoms with Crippen LogP contribution in [0.15, 0.2) is 11.6 Å². The van der Waals surface area contributed by atoms with Crippen LogP contribution >= 0.6 is 11.3 Å². The Morgan fingerprint density at radius 1 is 0.897 bits per heavy atom. The van der Waals surface area contributed by atoms with Gasteiger partial charge in [-0.25, -0.2) is 4.98 Å². The number of methoxy groups -OCH3 is 3. The van der Waals surface area contributed by atoms with E-state index in [0.29, 0.717) is 12.5 Å². The van der Waals surface area contributed by atoms with Crippen molar-refractivity contribution in [1.29, 1.82) is 0 Å². The Morgan fingerprint density at radius 2 is 1.64 bits per heavy atom. The zero-order valence-corrected chi connectivity index (χ0v) is 37.5. The van der Waals surface area contributed by atoms with Gasteiger partial charge in [-0.2, -0.15) is 0 Å². The molecule has 1 aromatic heterocycles. The molecule has 0 radical (unpaired) electrons. The Labute approximate surface area is 350 Å². The van der Waals surface area contributed by atoms with Gasteiger partial charge >= 0.3 is 5.97 Å². The van der Waals surface area contributed by atoms with Gasteiger partial charge in [0.15, 0.2) is 18.4 Å². The molecule has 13 heteroatoms. The monoisotopic (exact) mass is 830 g/mol. The van der Waals surface area contributed by atoms with E-state index in [1.54, 1.807) is 32.7 Å². The number of Topliss-reactive ketones (excluding diaryl/α,β-unsaturated/α-hetero) is 1. The Balaban J connectivity index is 1.20. The van der Waals surface area contributed by atoms with Crippen molar-refractivity contribution in [3.63, 3.8) is 0 Å². The number of hydrogen-bond donors (Lipinski definition) is 0. The summed E-state index contributed by atoms with van der Waals surface area (Å²) in [6.07, 6.45) is 5.71. The summed E-state index contributed by atoms with van der Waals surface area (Å²) in [4.78, 5) is 37.9. The highest BCUT2D eigenvalue weighted by molar-refractivity contribution is 7.12. The number of ether oxygens (including phenoxy) is 8. The molecule has 4 heterocycles. The number of likely N-dealkylation sites (N-methyl/N-ethyl adjacent to an activating group) is 1. The number of carbonyl (C=O) groups excluding carboxylic acids is 2. The van der Waals surface area contributed by atoms with Crippen molar-refractivity contribution in [3.8, 4) is 0 Å². The van der Waals surface area contributed by atoms with Gasteiger partial charge in [-0.3, -0.25) is 9.59 Å². The number of rotatable bonds is 10. The Hall–Kier alpha value is -1.81. The first-order valence-corrected chi connectivity index (χ1v) is 22.9. The predicted octanol–water partition coefficient (Wildman–Crippen LogP) is 7.15. The Morgan fingerprint density at radius 3 is 2.29 bits per heavy atom. The van der Waals surface area contributed by atoms with E-state index in [1.807, 2.05) is 13.8 Å². The summed E-state index contributed by atoms with van der Waals surface area (Å²) in [5, 5.41) is 1.09. The van der Waals surface area contributed by atoms with Gasteiger partial charge in [-0.1, -0.05) is 33.8 Å². The second-order valence-electron chi connectivity index (χ2n) is 18.5. The van der Waals surface area contributed by atoms with Gasteiger partial charge in [0, 0.05) is 61.8 Å². The molecular weight excluding hydrogens is 761 g/mol. The number of nitrogens with zero attached hydrogens (tertiary/aromatic N) is 2. The summed E-state index contributed by atoms with van der Waals surface area (Å²) < 4.78 is 50.4. The average Bonchev–Trinajstić information content (AvgIpc) is 3.91. The van der Waals surface area contributed by atoms with Gasteiger partial charge in [0.05, 0.1) is 41.5 Å². The van der Waals surface area contributed by atoms with Crippen LogP contribution in [0.3, 0.4) is 0 Å². The lowest BCUT2D eigenvalue weighted by atomic mass is 9.67. The van der Waals surface area contributed by atoms with Gasteiger partial charge in [0.2, 0.25) is 0 Å². The molecule has 58 heavy (non-hydrogen) atoms. The SMILES string of the molecule is CC[C@H]1CCC[C@H](O[C@H]2CC[C@H](N(C)C)[C@@H](C)O2)[C@@H](C)C(=O)C2=C[C@H]3[C@@H]4C[C@H](O[C@@H]5O[C@@H](C)[C@H](OC)[C@@H](OC)[C@H]5OC)C[C@H]4c4sc(C(C)C)nc4[C@H]3[C@@H]2CC(=O)O1. The quantitative estimate of drug-likeness (QED) is 0.223. The number of hydrogen-bond acceptors (Lipinski definition) is 13. The van der Waals surface area contributed by atoms with E-state index in [9.17, 15) is 4.79 Å². The summed E-state index contributed by atoms with van der Waals surface area (Å²) in [6, 6.07) is 0.324. The Kier molecular flexibility index (Phi) is 14.2. The van der Waals surface area contributed by atoms with E-state index >= 15 is 4.79 Å². The number of ketones is 1. The minimum Gasteiger partial charge on any atom is -0.462 e. The van der Waals surface area contributed by atoms with E-state index < -0.39 is 18.3 Å². The number of aromatic nitrogens is 1. The molecule has 3 aliphatic carbocycles. The summed E-state index contributed by atoms with van der Waals surface area (Å²) in [5.41, 5.74) is 1.79. The highest BCUT2D eigenvalue weighted by atomic mass is 32.1. The molecule has 7 rings (SSSR count). The molecule has 326 valence electrons. The van der Waals surface area contributed by atoms with E-state index in [1.165, 1.54) is 4.88 Å². The largest absolute Gasteiger partial charge is 0.462 e. The number of fused-ring (bicyclic) bond motifs is 8. The van der Waals surface area contributed by atoms with Gasteiger partial charge in [-0.15, -0.1) is 11.3 Å². The smallest absolute Gasteiger partial charge is 0.306 e. The van der Waals surface area contributed by atoms with E-state index in [0.717, 1.165) is 61.2 Å². The van der Waals surface area contributed by atoms with Crippen molar-refractivity contribution in [3.05, 3.63) is 27.2 Å². The lowest BCUT2D eigenvalue weighted by molar-refractivity contribution is -0.314. The maximum absolute atomic E-state index is 15.1. The van der Waals surface area contributed by atoms with E-state index in [-0.39, 0.29) is 103 Å². The Bertz CT molecular complexity index is 1620. The fourth-order valence-electron chi connectivity index (χ4n) is 11.3. The minimum absolute atomic E-state index is 0.0168. The van der Waals surface area contributed by atoms with Crippen molar-refractivity contribution in [2.24, 2.45) is 23.7 Å². The zero-order chi connectivity index (χ0) is 41.6. The molecular formula is C45H70N2O10S. The van der Waals surface area contributed by atoms with Gasteiger partial charge < -0.3 is 42.8 Å². The summed E-state index contributed by atoms with van der Waals surface area (Å²) in [6.45, 7) is 12.6. The van der Waals surface area contributed by atoms with Crippen LogP contribution in [0.25, 0.3) is 0 Å². The molecule has 1 saturated carbocycles. The molecule has 4 fully saturated rings. The highest BCUT2D eigenvalue weighted by Crippen LogP contribution is 2.62. The molecule has 12 nitrogen and oxygen atoms in total. The van der Waals surface area contributed by atoms with Crippen molar-refractivity contribution in [2.75, 3.05) is 35.4 Å². The van der Waals surface area contributed by atoms with Crippen molar-refractivity contribution in [1.82, 2.24) is 9.88 Å². The minimum atomic E-state index is -0.632. The molecule has 0 amide bonds. The van der Waals surface area contributed by atoms with Crippen LogP contribution in [-0.2, 0) is 47.5 Å². The van der Waals surface area contributed by atoms with Crippen LogP contribution in [0.5, 0.6) is 0 Å². The third kappa shape index (κ3) is 8.64. The van der Waals surface area contributed by atoms with Crippen LogP contribution in [0.4, 0.5) is 0 Å². The van der Waals surface area contributed by atoms with E-state index in [4.69, 9.17) is 42.9 Å². The fourth-order valence-corrected chi connectivity index (χ4v) is 12.6. The molecule has 0 unspecified atom stereocenters. The summed E-state index contributed by atoms with van der Waals surface area (Å²) >= 11 is 1.80. The highest BCUT2D eigenvalue weighted by Gasteiger charge is 2.57. The van der Waals surface area contributed by atoms with Crippen LogP contribution in [0.2, 0.25) is 0 Å². The molecule has 1 aromatic rings. The second-order valence-corrected chi connectivity index (χ2v) is 19.5. The standard InChI is InChI=1S/C45H70N2O10S/c1-12-26-14-13-15-34(57-36-17-16-33(47(7)8)24(5)53-36)23(4)39(49)31-20-29-28-18-27(56-45-42(52-11)41(51-10)40(50-9)25(6)54-45)19-32(28)43-38(46-44(58-43)22(2)3)37(29)30(31)21-35(48)55-26/h20,22-30,32-34,36-37,40-42,45H,12-19,21H2,1-11H3/t23-,24-,25+,26+,27+,28+,29+,30-,32-,33+,34+,36+,37-,40+,41-,42-,45+/m1/s1. The maximum atomic E-state index is 15.1. The lowest BCUT2D eigenvalue weighted by Crippen LogP contribution is -2.59. The molecule has 0 N–H and O–H groups in total. The van der Waals surface area contributed by atoms with E-state index in [2.05, 4.69) is 52.8 Å². The van der Waals surface area contributed by atoms with Crippen molar-refractivity contribution in [2.45, 2.75) is 185 Å². The molecule has 6 aliphatic rings. The third-order valence-corrected chi connectivity index (χ3v) is 15.9. The number of carbonyl (C=O) groups is 2. The molecule has 0 spiro atoms. The normalized spacial score (nSPS) is 42.2. The van der Waals surface area contributed by atoms with Crippen LogP contribution < -0.4 is 0 Å². The molecule has 3 saturated heterocycles. The first-order valence-electron chi connectivity index (χ1n) is 22.1. The van der Waals surface area contributed by atoms with Gasteiger partial charge in [-0.05, 0) is 96.7 Å². The number of esters is 1.